The van der Waals surface area contributed by atoms with Crippen LogP contribution in [0.25, 0.3) is 0 Å². The van der Waals surface area contributed by atoms with Crippen LogP contribution in [-0.4, -0.2) is 24.3 Å². The first-order chi connectivity index (χ1) is 12.1. The van der Waals surface area contributed by atoms with Crippen LogP contribution in [0, 0.1) is 0 Å². The zero-order valence-corrected chi connectivity index (χ0v) is 16.4. The highest BCUT2D eigenvalue weighted by molar-refractivity contribution is 7.89. The van der Waals surface area contributed by atoms with Crippen molar-refractivity contribution >= 4 is 56.4 Å². The van der Waals surface area contributed by atoms with Gasteiger partial charge in [-0.25, -0.2) is 13.6 Å². The fourth-order valence-electron chi connectivity index (χ4n) is 2.10. The molecule has 26 heavy (non-hydrogen) atoms. The van der Waals surface area contributed by atoms with Gasteiger partial charge in [0.2, 0.25) is 19.7 Å². The maximum absolute atomic E-state index is 12.2. The lowest BCUT2D eigenvalue weighted by Gasteiger charge is -2.27. The number of hydrogen-bond donors (Lipinski definition) is 3. The van der Waals surface area contributed by atoms with Gasteiger partial charge in [0.25, 0.3) is 0 Å². The maximum atomic E-state index is 12.2. The lowest BCUT2D eigenvalue weighted by Crippen LogP contribution is -2.49. The molecule has 0 aromatic heterocycles. The second kappa shape index (κ2) is 8.45. The number of nitrogens with two attached hydrogens (primary N) is 1. The van der Waals surface area contributed by atoms with E-state index in [1.165, 1.54) is 24.3 Å². The van der Waals surface area contributed by atoms with Crippen LogP contribution in [0.2, 0.25) is 0 Å². The lowest BCUT2D eigenvalue weighted by molar-refractivity contribution is -0.120. The van der Waals surface area contributed by atoms with Crippen molar-refractivity contribution in [1.82, 2.24) is 5.32 Å². The van der Waals surface area contributed by atoms with Crippen LogP contribution in [0.3, 0.4) is 0 Å². The monoisotopic (exact) mass is 435 g/mol. The van der Waals surface area contributed by atoms with Gasteiger partial charge in [-0.15, -0.1) is 0 Å². The topological polar surface area (TPSA) is 101 Å². The van der Waals surface area contributed by atoms with Gasteiger partial charge in [0, 0.05) is 5.69 Å². The van der Waals surface area contributed by atoms with E-state index in [1.807, 2.05) is 30.3 Å². The van der Waals surface area contributed by atoms with Crippen LogP contribution in [0.5, 0.6) is 0 Å². The smallest absolute Gasteiger partial charge is 0.238 e. The number of hydrogen-bond acceptors (Lipinski definition) is 4. The molecule has 0 saturated carbocycles. The zero-order valence-electron chi connectivity index (χ0n) is 13.3. The molecule has 0 spiro atoms. The molecule has 4 N–H and O–H groups in total. The standard InChI is InChI=1S/C16H16Cl3N3O3S/c17-16(18,19)15(22-14(23)10-11-4-2-1-3-5-11)21-12-6-8-13(9-7-12)26(20,24)25/h1-9,15,21H,10H2,(H,22,23)(H2,20,24,25)/t15-/m0/s1. The highest BCUT2D eigenvalue weighted by atomic mass is 35.6. The fraction of sp³-hybridized carbons (Fsp3) is 0.188. The second-order valence-corrected chi connectivity index (χ2v) is 9.35. The number of benzene rings is 2. The Morgan fingerprint density at radius 1 is 1.04 bits per heavy atom. The molecule has 2 aromatic rings. The summed E-state index contributed by atoms with van der Waals surface area (Å²) < 4.78 is 20.7. The average molecular weight is 437 g/mol. The van der Waals surface area contributed by atoms with Crippen molar-refractivity contribution < 1.29 is 13.2 Å². The molecule has 0 fully saturated rings. The van der Waals surface area contributed by atoms with Gasteiger partial charge >= 0.3 is 0 Å². The number of carbonyl (C=O) groups excluding carboxylic acids is 1. The minimum atomic E-state index is -3.81. The van der Waals surface area contributed by atoms with Gasteiger partial charge < -0.3 is 10.6 Å². The Labute approximate surface area is 166 Å². The Hall–Kier alpha value is -1.51. The molecule has 0 unspecified atom stereocenters. The number of nitrogens with one attached hydrogen (secondary N) is 2. The molecule has 2 aromatic carbocycles. The van der Waals surface area contributed by atoms with E-state index in [4.69, 9.17) is 39.9 Å². The van der Waals surface area contributed by atoms with Crippen LogP contribution >= 0.6 is 34.8 Å². The van der Waals surface area contributed by atoms with Crippen molar-refractivity contribution in [1.29, 1.82) is 0 Å². The molecule has 1 atom stereocenters. The Balaban J connectivity index is 2.09. The predicted octanol–water partition coefficient (Wildman–Crippen LogP) is 2.80. The van der Waals surface area contributed by atoms with Crippen LogP contribution in [0.15, 0.2) is 59.5 Å². The number of rotatable bonds is 6. The van der Waals surface area contributed by atoms with E-state index in [1.54, 1.807) is 0 Å². The molecule has 140 valence electrons. The molecule has 2 rings (SSSR count). The van der Waals surface area contributed by atoms with E-state index in [2.05, 4.69) is 10.6 Å². The third-order valence-corrected chi connectivity index (χ3v) is 4.92. The molecule has 0 aliphatic heterocycles. The Bertz CT molecular complexity index is 854. The molecular weight excluding hydrogens is 421 g/mol. The van der Waals surface area contributed by atoms with Gasteiger partial charge in [0.15, 0.2) is 0 Å². The second-order valence-electron chi connectivity index (χ2n) is 5.42. The number of sulfonamides is 1. The summed E-state index contributed by atoms with van der Waals surface area (Å²) in [4.78, 5) is 12.2. The summed E-state index contributed by atoms with van der Waals surface area (Å²) in [5, 5.41) is 10.5. The molecule has 1 amide bonds. The van der Waals surface area contributed by atoms with E-state index < -0.39 is 20.0 Å². The molecule has 0 heterocycles. The first-order valence-electron chi connectivity index (χ1n) is 7.35. The summed E-state index contributed by atoms with van der Waals surface area (Å²) in [6.07, 6.45) is -0.923. The molecule has 6 nitrogen and oxygen atoms in total. The Kier molecular flexibility index (Phi) is 6.76. The van der Waals surface area contributed by atoms with E-state index in [9.17, 15) is 13.2 Å². The Morgan fingerprint density at radius 3 is 2.12 bits per heavy atom. The summed E-state index contributed by atoms with van der Waals surface area (Å²) in [5.74, 6) is -0.346. The summed E-state index contributed by atoms with van der Waals surface area (Å²) in [7, 11) is -3.81. The van der Waals surface area contributed by atoms with Crippen LogP contribution in [0.1, 0.15) is 5.56 Å². The normalized spacial score (nSPS) is 13.1. The molecule has 0 radical (unpaired) electrons. The summed E-state index contributed by atoms with van der Waals surface area (Å²) >= 11 is 17.8. The highest BCUT2D eigenvalue weighted by Gasteiger charge is 2.34. The minimum absolute atomic E-state index is 0.0541. The third-order valence-electron chi connectivity index (χ3n) is 3.33. The SMILES string of the molecule is NS(=O)(=O)c1ccc(N[C@@H](NC(=O)Cc2ccccc2)C(Cl)(Cl)Cl)cc1. The summed E-state index contributed by atoms with van der Waals surface area (Å²) in [6, 6.07) is 14.6. The molecular formula is C16H16Cl3N3O3S. The lowest BCUT2D eigenvalue weighted by atomic mass is 10.1. The van der Waals surface area contributed by atoms with Crippen LogP contribution in [0.4, 0.5) is 5.69 Å². The third kappa shape index (κ3) is 6.34. The maximum Gasteiger partial charge on any atom is 0.238 e. The molecule has 0 bridgehead atoms. The van der Waals surface area contributed by atoms with Gasteiger partial charge in [0.1, 0.15) is 6.17 Å². The van der Waals surface area contributed by atoms with Crippen molar-refractivity contribution in [3.8, 4) is 0 Å². The summed E-state index contributed by atoms with van der Waals surface area (Å²) in [5.41, 5.74) is 1.25. The fourth-order valence-corrected chi connectivity index (χ4v) is 2.94. The van der Waals surface area contributed by atoms with Crippen LogP contribution < -0.4 is 15.8 Å². The van der Waals surface area contributed by atoms with Gasteiger partial charge in [0.05, 0.1) is 11.3 Å². The van der Waals surface area contributed by atoms with Gasteiger partial charge in [-0.1, -0.05) is 65.1 Å². The van der Waals surface area contributed by atoms with E-state index in [-0.39, 0.29) is 17.2 Å². The minimum Gasteiger partial charge on any atom is -0.362 e. The summed E-state index contributed by atoms with van der Waals surface area (Å²) in [6.45, 7) is 0. The number of anilines is 1. The molecule has 0 aliphatic carbocycles. The van der Waals surface area contributed by atoms with Gasteiger partial charge in [-0.3, -0.25) is 4.79 Å². The number of halogens is 3. The van der Waals surface area contributed by atoms with Crippen molar-refractivity contribution in [2.75, 3.05) is 5.32 Å². The van der Waals surface area contributed by atoms with Gasteiger partial charge in [-0.2, -0.15) is 0 Å². The quantitative estimate of drug-likeness (QED) is 0.479. The van der Waals surface area contributed by atoms with Gasteiger partial charge in [-0.05, 0) is 29.8 Å². The van der Waals surface area contributed by atoms with E-state index >= 15 is 0 Å². The number of alkyl halides is 3. The first-order valence-corrected chi connectivity index (χ1v) is 10.0. The van der Waals surface area contributed by atoms with E-state index in [0.717, 1.165) is 5.56 Å². The number of primary sulfonamides is 1. The zero-order chi connectivity index (χ0) is 19.4. The predicted molar refractivity (Wildman–Crippen MR) is 104 cm³/mol. The number of amides is 1. The van der Waals surface area contributed by atoms with Crippen LogP contribution in [-0.2, 0) is 21.2 Å². The largest absolute Gasteiger partial charge is 0.362 e. The molecule has 0 saturated heterocycles. The van der Waals surface area contributed by atoms with Crippen molar-refractivity contribution in [2.45, 2.75) is 21.3 Å². The average Bonchev–Trinajstić information content (AvgIpc) is 2.54. The molecule has 10 heteroatoms. The van der Waals surface area contributed by atoms with Crippen molar-refractivity contribution in [3.05, 3.63) is 60.2 Å². The van der Waals surface area contributed by atoms with Crippen molar-refractivity contribution in [3.63, 3.8) is 0 Å². The first kappa shape index (κ1) is 20.8. The number of carbonyl (C=O) groups is 1. The highest BCUT2D eigenvalue weighted by Crippen LogP contribution is 2.31. The van der Waals surface area contributed by atoms with E-state index in [0.29, 0.717) is 5.69 Å². The Morgan fingerprint density at radius 2 is 1.62 bits per heavy atom. The molecule has 0 aliphatic rings. The van der Waals surface area contributed by atoms with Crippen molar-refractivity contribution in [2.24, 2.45) is 5.14 Å².